The predicted octanol–water partition coefficient (Wildman–Crippen LogP) is 5.46. The Morgan fingerprint density at radius 2 is 1.85 bits per heavy atom. The Labute approximate surface area is 213 Å². The van der Waals surface area contributed by atoms with Gasteiger partial charge in [0.1, 0.15) is 6.04 Å². The number of benzene rings is 2. The lowest BCUT2D eigenvalue weighted by atomic mass is 9.95. The van der Waals surface area contributed by atoms with Crippen LogP contribution in [0.15, 0.2) is 53.0 Å². The Kier molecular flexibility index (Phi) is 9.95. The summed E-state index contributed by atoms with van der Waals surface area (Å²) in [5, 5.41) is 14.0. The number of carbonyl (C=O) groups excluding carboxylic acids is 2. The first-order valence-electron chi connectivity index (χ1n) is 11.5. The van der Waals surface area contributed by atoms with E-state index in [9.17, 15) is 19.7 Å². The van der Waals surface area contributed by atoms with E-state index in [1.54, 1.807) is 24.0 Å². The quantitative estimate of drug-likeness (QED) is 0.315. The van der Waals surface area contributed by atoms with Crippen molar-refractivity contribution >= 4 is 45.2 Å². The van der Waals surface area contributed by atoms with Gasteiger partial charge >= 0.3 is 0 Å². The molecule has 0 spiro atoms. The van der Waals surface area contributed by atoms with Gasteiger partial charge in [0.05, 0.1) is 10.7 Å². The van der Waals surface area contributed by atoms with Gasteiger partial charge in [-0.25, -0.2) is 0 Å². The van der Waals surface area contributed by atoms with Crippen LogP contribution in [0.2, 0.25) is 0 Å². The standard InChI is InChI=1S/C25H30BrN3O4S/c1-18(25(31)27-22-8-3-2-4-9-22)28(15-20-6-5-7-21(26)14-20)24(30)17-34-16-19-10-12-23(13-11-19)29(32)33/h5-7,10-14,18,22H,2-4,8-9,15-17H2,1H3,(H,27,31). The fourth-order valence-electron chi connectivity index (χ4n) is 4.04. The summed E-state index contributed by atoms with van der Waals surface area (Å²) in [6, 6.07) is 13.7. The van der Waals surface area contributed by atoms with E-state index in [2.05, 4.69) is 21.2 Å². The fourth-order valence-corrected chi connectivity index (χ4v) is 5.35. The summed E-state index contributed by atoms with van der Waals surface area (Å²) in [6.07, 6.45) is 5.44. The van der Waals surface area contributed by atoms with E-state index in [0.717, 1.165) is 41.3 Å². The summed E-state index contributed by atoms with van der Waals surface area (Å²) >= 11 is 4.91. The molecular weight excluding hydrogens is 518 g/mol. The van der Waals surface area contributed by atoms with Gasteiger partial charge < -0.3 is 10.2 Å². The fraction of sp³-hybridized carbons (Fsp3) is 0.440. The van der Waals surface area contributed by atoms with E-state index in [4.69, 9.17) is 0 Å². The van der Waals surface area contributed by atoms with Crippen LogP contribution in [0.5, 0.6) is 0 Å². The van der Waals surface area contributed by atoms with Crippen LogP contribution >= 0.6 is 27.7 Å². The third kappa shape index (κ3) is 7.84. The smallest absolute Gasteiger partial charge is 0.269 e. The van der Waals surface area contributed by atoms with E-state index in [0.29, 0.717) is 12.3 Å². The van der Waals surface area contributed by atoms with Crippen molar-refractivity contribution in [3.05, 3.63) is 74.2 Å². The van der Waals surface area contributed by atoms with Crippen molar-refractivity contribution < 1.29 is 14.5 Å². The molecule has 0 radical (unpaired) electrons. The normalized spacial score (nSPS) is 14.9. The summed E-state index contributed by atoms with van der Waals surface area (Å²) in [5.74, 6) is 0.539. The van der Waals surface area contributed by atoms with Crippen molar-refractivity contribution in [2.24, 2.45) is 0 Å². The number of rotatable bonds is 10. The summed E-state index contributed by atoms with van der Waals surface area (Å²) in [5.41, 5.74) is 1.90. The van der Waals surface area contributed by atoms with Crippen LogP contribution < -0.4 is 5.32 Å². The van der Waals surface area contributed by atoms with Crippen LogP contribution in [0, 0.1) is 10.1 Å². The zero-order chi connectivity index (χ0) is 24.5. The van der Waals surface area contributed by atoms with Gasteiger partial charge in [0, 0.05) is 34.9 Å². The lowest BCUT2D eigenvalue weighted by Crippen LogP contribution is -2.50. The van der Waals surface area contributed by atoms with E-state index in [-0.39, 0.29) is 29.3 Å². The van der Waals surface area contributed by atoms with Crippen molar-refractivity contribution in [2.45, 2.75) is 63.4 Å². The number of carbonyl (C=O) groups is 2. The highest BCUT2D eigenvalue weighted by atomic mass is 79.9. The average molecular weight is 549 g/mol. The van der Waals surface area contributed by atoms with Crippen LogP contribution in [-0.2, 0) is 21.9 Å². The molecular formula is C25H30BrN3O4S. The molecule has 1 aliphatic carbocycles. The highest BCUT2D eigenvalue weighted by molar-refractivity contribution is 9.10. The molecule has 0 heterocycles. The first-order valence-corrected chi connectivity index (χ1v) is 13.4. The van der Waals surface area contributed by atoms with Crippen molar-refractivity contribution in [3.63, 3.8) is 0 Å². The SMILES string of the molecule is CC(C(=O)NC1CCCCC1)N(Cc1cccc(Br)c1)C(=O)CSCc1ccc([N+](=O)[O-])cc1. The molecule has 182 valence electrons. The Bertz CT molecular complexity index is 996. The number of nitro benzene ring substituents is 1. The van der Waals surface area contributed by atoms with Crippen molar-refractivity contribution in [2.75, 3.05) is 5.75 Å². The molecule has 34 heavy (non-hydrogen) atoms. The van der Waals surface area contributed by atoms with Crippen LogP contribution in [0.1, 0.15) is 50.2 Å². The molecule has 1 atom stereocenters. The van der Waals surface area contributed by atoms with Crippen molar-refractivity contribution in [1.29, 1.82) is 0 Å². The van der Waals surface area contributed by atoms with Gasteiger partial charge in [0.2, 0.25) is 11.8 Å². The second-order valence-electron chi connectivity index (χ2n) is 8.59. The predicted molar refractivity (Wildman–Crippen MR) is 138 cm³/mol. The lowest BCUT2D eigenvalue weighted by Gasteiger charge is -2.31. The summed E-state index contributed by atoms with van der Waals surface area (Å²) in [7, 11) is 0. The topological polar surface area (TPSA) is 92.6 Å². The first-order chi connectivity index (χ1) is 16.3. The molecule has 1 N–H and O–H groups in total. The second kappa shape index (κ2) is 12.9. The summed E-state index contributed by atoms with van der Waals surface area (Å²) in [4.78, 5) is 38.3. The first kappa shape index (κ1) is 26.2. The van der Waals surface area contributed by atoms with Crippen molar-refractivity contribution in [1.82, 2.24) is 10.2 Å². The molecule has 2 aromatic rings. The zero-order valence-corrected chi connectivity index (χ0v) is 21.6. The second-order valence-corrected chi connectivity index (χ2v) is 10.5. The summed E-state index contributed by atoms with van der Waals surface area (Å²) in [6.45, 7) is 2.13. The molecule has 7 nitrogen and oxygen atoms in total. The molecule has 0 bridgehead atoms. The number of nitrogens with one attached hydrogen (secondary N) is 1. The number of nitrogens with zero attached hydrogens (tertiary/aromatic N) is 2. The van der Waals surface area contributed by atoms with E-state index in [1.165, 1.54) is 30.3 Å². The molecule has 2 aromatic carbocycles. The van der Waals surface area contributed by atoms with Crippen molar-refractivity contribution in [3.8, 4) is 0 Å². The third-order valence-corrected chi connectivity index (χ3v) is 7.48. The highest BCUT2D eigenvalue weighted by Gasteiger charge is 2.28. The lowest BCUT2D eigenvalue weighted by molar-refractivity contribution is -0.384. The van der Waals surface area contributed by atoms with Gasteiger partial charge in [0.25, 0.3) is 5.69 Å². The molecule has 1 fully saturated rings. The number of hydrogen-bond acceptors (Lipinski definition) is 5. The Hall–Kier alpha value is -2.39. The molecule has 9 heteroatoms. The molecule has 1 aliphatic rings. The number of amides is 2. The Morgan fingerprint density at radius 1 is 1.15 bits per heavy atom. The maximum Gasteiger partial charge on any atom is 0.269 e. The minimum atomic E-state index is -0.589. The molecule has 0 aliphatic heterocycles. The maximum atomic E-state index is 13.2. The third-order valence-electron chi connectivity index (χ3n) is 6.00. The van der Waals surface area contributed by atoms with Crippen LogP contribution in [0.4, 0.5) is 5.69 Å². The van der Waals surface area contributed by atoms with Crippen LogP contribution in [-0.4, -0.2) is 39.5 Å². The number of nitro groups is 1. The molecule has 3 rings (SSSR count). The van der Waals surface area contributed by atoms with E-state index < -0.39 is 11.0 Å². The van der Waals surface area contributed by atoms with Crippen LogP contribution in [0.3, 0.4) is 0 Å². The van der Waals surface area contributed by atoms with Gasteiger partial charge in [-0.1, -0.05) is 59.5 Å². The van der Waals surface area contributed by atoms with E-state index in [1.807, 2.05) is 24.3 Å². The summed E-state index contributed by atoms with van der Waals surface area (Å²) < 4.78 is 0.921. The van der Waals surface area contributed by atoms with Gasteiger partial charge in [-0.2, -0.15) is 0 Å². The molecule has 0 saturated heterocycles. The molecule has 2 amide bonds. The number of halogens is 1. The maximum absolute atomic E-state index is 13.2. The Balaban J connectivity index is 1.64. The zero-order valence-electron chi connectivity index (χ0n) is 19.2. The van der Waals surface area contributed by atoms with Crippen LogP contribution in [0.25, 0.3) is 0 Å². The van der Waals surface area contributed by atoms with Gasteiger partial charge in [-0.15, -0.1) is 11.8 Å². The highest BCUT2D eigenvalue weighted by Crippen LogP contribution is 2.21. The minimum Gasteiger partial charge on any atom is -0.352 e. The van der Waals surface area contributed by atoms with Gasteiger partial charge in [-0.05, 0) is 43.0 Å². The Morgan fingerprint density at radius 3 is 2.50 bits per heavy atom. The number of hydrogen-bond donors (Lipinski definition) is 1. The largest absolute Gasteiger partial charge is 0.352 e. The molecule has 0 aromatic heterocycles. The van der Waals surface area contributed by atoms with Gasteiger partial charge in [0.15, 0.2) is 0 Å². The van der Waals surface area contributed by atoms with E-state index >= 15 is 0 Å². The molecule has 1 saturated carbocycles. The number of thioether (sulfide) groups is 1. The minimum absolute atomic E-state index is 0.0443. The monoisotopic (exact) mass is 547 g/mol. The van der Waals surface area contributed by atoms with Gasteiger partial charge in [-0.3, -0.25) is 19.7 Å². The molecule has 1 unspecified atom stereocenters. The average Bonchev–Trinajstić information content (AvgIpc) is 2.83. The number of non-ortho nitro benzene ring substituents is 1.